The van der Waals surface area contributed by atoms with Crippen LogP contribution in [0.1, 0.15) is 206 Å². The third-order valence-corrected chi connectivity index (χ3v) is 12.8. The summed E-state index contributed by atoms with van der Waals surface area (Å²) in [5.74, 6) is 3.83. The molecule has 50 heavy (non-hydrogen) atoms. The molecule has 0 rings (SSSR count). The summed E-state index contributed by atoms with van der Waals surface area (Å²) in [7, 11) is 0. The van der Waals surface area contributed by atoms with Gasteiger partial charge in [0.15, 0.2) is 0 Å². The van der Waals surface area contributed by atoms with Crippen molar-refractivity contribution in [1.82, 2.24) is 0 Å². The van der Waals surface area contributed by atoms with Crippen molar-refractivity contribution in [2.75, 3.05) is 23.0 Å². The third kappa shape index (κ3) is 40.6. The Hall–Kier alpha value is -0.180. The van der Waals surface area contributed by atoms with E-state index in [9.17, 15) is 9.59 Å². The van der Waals surface area contributed by atoms with Gasteiger partial charge in [-0.15, -0.1) is 23.5 Å². The molecule has 0 aromatic rings. The van der Waals surface area contributed by atoms with Crippen molar-refractivity contribution in [2.45, 2.75) is 206 Å². The second kappa shape index (κ2) is 41.6. The summed E-state index contributed by atoms with van der Waals surface area (Å²) in [5.41, 5.74) is 12.1. The maximum atomic E-state index is 12.2. The van der Waals surface area contributed by atoms with Gasteiger partial charge < -0.3 is 11.5 Å². The quantitative estimate of drug-likeness (QED) is 0.0472. The molecule has 0 aromatic carbocycles. The Morgan fingerprint density at radius 1 is 0.340 bits per heavy atom. The lowest BCUT2D eigenvalue weighted by atomic mass is 10.1. The molecule has 0 atom stereocenters. The summed E-state index contributed by atoms with van der Waals surface area (Å²) >= 11 is 6.10. The van der Waals surface area contributed by atoms with E-state index < -0.39 is 0 Å². The maximum absolute atomic E-state index is 12.2. The molecule has 0 radical (unpaired) electrons. The van der Waals surface area contributed by atoms with Crippen molar-refractivity contribution >= 4 is 57.3 Å². The molecular weight excluding hydrogens is 693 g/mol. The zero-order valence-electron chi connectivity index (χ0n) is 32.8. The molecule has 4 N–H and O–H groups in total. The van der Waals surface area contributed by atoms with E-state index >= 15 is 0 Å². The number of carbonyl (C=O) groups is 2. The second-order valence-electron chi connectivity index (χ2n) is 14.0. The van der Waals surface area contributed by atoms with Gasteiger partial charge >= 0.3 is 0 Å². The van der Waals surface area contributed by atoms with Gasteiger partial charge in [-0.3, -0.25) is 9.59 Å². The van der Waals surface area contributed by atoms with Crippen molar-refractivity contribution in [2.24, 2.45) is 11.5 Å². The van der Waals surface area contributed by atoms with Gasteiger partial charge in [-0.2, -0.15) is 0 Å². The molecule has 4 nitrogen and oxygen atoms in total. The lowest BCUT2D eigenvalue weighted by Crippen LogP contribution is -1.98. The molecule has 0 bridgehead atoms. The van der Waals surface area contributed by atoms with Crippen LogP contribution in [0.5, 0.6) is 0 Å². The van der Waals surface area contributed by atoms with Gasteiger partial charge in [-0.1, -0.05) is 204 Å². The van der Waals surface area contributed by atoms with Crippen molar-refractivity contribution < 1.29 is 9.59 Å². The van der Waals surface area contributed by atoms with Crippen LogP contribution in [0, 0.1) is 0 Å². The fraction of sp³-hybridized carbons (Fsp3) is 0.857. The van der Waals surface area contributed by atoms with E-state index in [0.29, 0.717) is 10.1 Å². The maximum Gasteiger partial charge on any atom is 0.214 e. The van der Waals surface area contributed by atoms with Gasteiger partial charge in [0.2, 0.25) is 10.2 Å². The Labute approximate surface area is 328 Å². The molecule has 0 aliphatic heterocycles. The molecule has 0 saturated heterocycles. The van der Waals surface area contributed by atoms with Gasteiger partial charge in [0.05, 0.1) is 10.1 Å². The molecule has 0 aliphatic rings. The van der Waals surface area contributed by atoms with E-state index in [1.165, 1.54) is 203 Å². The van der Waals surface area contributed by atoms with Crippen LogP contribution >= 0.6 is 47.0 Å². The highest BCUT2D eigenvalue weighted by Gasteiger charge is 2.04. The Morgan fingerprint density at radius 3 is 0.780 bits per heavy atom. The number of unbranched alkanes of at least 4 members (excludes halogenated alkanes) is 27. The van der Waals surface area contributed by atoms with Crippen LogP contribution in [0.3, 0.4) is 0 Å². The van der Waals surface area contributed by atoms with Crippen LogP contribution in [-0.4, -0.2) is 33.2 Å². The van der Waals surface area contributed by atoms with Crippen molar-refractivity contribution in [1.29, 1.82) is 0 Å². The van der Waals surface area contributed by atoms with Crippen LogP contribution < -0.4 is 11.5 Å². The van der Waals surface area contributed by atoms with E-state index in [-0.39, 0.29) is 10.2 Å². The second-order valence-corrected chi connectivity index (χ2v) is 18.6. The molecule has 0 amide bonds. The molecule has 8 heteroatoms. The monoisotopic (exact) mass is 773 g/mol. The van der Waals surface area contributed by atoms with Crippen molar-refractivity contribution in [3.05, 3.63) is 22.2 Å². The van der Waals surface area contributed by atoms with E-state index in [0.717, 1.165) is 35.9 Å². The Balaban J connectivity index is 3.47. The first-order valence-corrected chi connectivity index (χ1v) is 25.0. The first-order valence-electron chi connectivity index (χ1n) is 21.0. The minimum Gasteiger partial charge on any atom is -0.393 e. The highest BCUT2D eigenvalue weighted by Crippen LogP contribution is 2.20. The summed E-state index contributed by atoms with van der Waals surface area (Å²) < 4.78 is 0. The number of thioether (sulfide) groups is 4. The molecule has 0 saturated carbocycles. The summed E-state index contributed by atoms with van der Waals surface area (Å²) in [5, 5.41) is 1.56. The van der Waals surface area contributed by atoms with Crippen molar-refractivity contribution in [3.63, 3.8) is 0 Å². The first kappa shape index (κ1) is 49.8. The van der Waals surface area contributed by atoms with E-state index in [2.05, 4.69) is 13.8 Å². The lowest BCUT2D eigenvalue weighted by molar-refractivity contribution is -0.107. The minimum atomic E-state index is 0.107. The average molecular weight is 773 g/mol. The Kier molecular flexibility index (Phi) is 41.4. The summed E-state index contributed by atoms with van der Waals surface area (Å²) in [6.07, 6.45) is 42.4. The highest BCUT2D eigenvalue weighted by atomic mass is 32.2. The van der Waals surface area contributed by atoms with Crippen LogP contribution in [0.2, 0.25) is 0 Å². The molecule has 0 heterocycles. The van der Waals surface area contributed by atoms with Crippen LogP contribution in [0.25, 0.3) is 0 Å². The highest BCUT2D eigenvalue weighted by molar-refractivity contribution is 8.14. The number of carbonyl (C=O) groups excluding carboxylic acids is 2. The third-order valence-electron chi connectivity index (χ3n) is 9.08. The largest absolute Gasteiger partial charge is 0.393 e. The summed E-state index contributed by atoms with van der Waals surface area (Å²) in [4.78, 5) is 24.4. The van der Waals surface area contributed by atoms with Crippen LogP contribution in [-0.2, 0) is 9.59 Å². The summed E-state index contributed by atoms with van der Waals surface area (Å²) in [6, 6.07) is 0. The smallest absolute Gasteiger partial charge is 0.214 e. The zero-order chi connectivity index (χ0) is 36.6. The van der Waals surface area contributed by atoms with E-state index in [1.54, 1.807) is 35.7 Å². The van der Waals surface area contributed by atoms with Crippen molar-refractivity contribution in [3.8, 4) is 0 Å². The minimum absolute atomic E-state index is 0.107. The standard InChI is InChI=1S/C42H80N2O2S4/c1-3-5-7-9-11-13-17-21-25-29-33-47-39(43)37-41(45)49-35-31-27-23-19-15-16-20-24-28-32-36-50-42(46)38-40(44)48-34-30-26-22-18-14-12-10-8-6-4-2/h37-38H,3-36,43-44H2,1-2H3. The van der Waals surface area contributed by atoms with E-state index in [4.69, 9.17) is 11.5 Å². The predicted molar refractivity (Wildman–Crippen MR) is 234 cm³/mol. The molecule has 294 valence electrons. The molecular formula is C42H80N2O2S4. The van der Waals surface area contributed by atoms with Gasteiger partial charge in [0, 0.05) is 23.7 Å². The topological polar surface area (TPSA) is 86.2 Å². The number of hydrogen-bond donors (Lipinski definition) is 2. The van der Waals surface area contributed by atoms with Gasteiger partial charge in [0.1, 0.15) is 0 Å². The fourth-order valence-electron chi connectivity index (χ4n) is 5.92. The molecule has 0 spiro atoms. The fourth-order valence-corrected chi connectivity index (χ4v) is 9.14. The van der Waals surface area contributed by atoms with E-state index in [1.807, 2.05) is 0 Å². The number of hydrogen-bond acceptors (Lipinski definition) is 8. The Bertz CT molecular complexity index is 756. The first-order chi connectivity index (χ1) is 24.5. The molecule has 0 fully saturated rings. The van der Waals surface area contributed by atoms with Gasteiger partial charge in [-0.05, 0) is 37.2 Å². The average Bonchev–Trinajstić information content (AvgIpc) is 3.09. The normalized spacial score (nSPS) is 12.2. The lowest BCUT2D eigenvalue weighted by Gasteiger charge is -2.04. The molecule has 0 aliphatic carbocycles. The summed E-state index contributed by atoms with van der Waals surface area (Å²) in [6.45, 7) is 4.54. The zero-order valence-corrected chi connectivity index (χ0v) is 36.1. The number of rotatable bonds is 39. The van der Waals surface area contributed by atoms with Crippen LogP contribution in [0.4, 0.5) is 0 Å². The Morgan fingerprint density at radius 2 is 0.540 bits per heavy atom. The van der Waals surface area contributed by atoms with Gasteiger partial charge in [-0.25, -0.2) is 0 Å². The molecule has 0 unspecified atom stereocenters. The predicted octanol–water partition coefficient (Wildman–Crippen LogP) is 14.3. The van der Waals surface area contributed by atoms with Crippen LogP contribution in [0.15, 0.2) is 22.2 Å². The SMILES string of the molecule is CCCCCCCCCCCCSC(N)=CC(=O)SCCCCCCCCCCCCSC(=O)C=C(N)SCCCCCCCCCCCC. The number of nitrogens with two attached hydrogens (primary N) is 2. The van der Waals surface area contributed by atoms with Gasteiger partial charge in [0.25, 0.3) is 0 Å². The molecule has 0 aromatic heterocycles.